The Morgan fingerprint density at radius 2 is 2.10 bits per heavy atom. The molecule has 0 aliphatic carbocycles. The van der Waals surface area contributed by atoms with Gasteiger partial charge in [-0.25, -0.2) is 13.4 Å². The molecule has 0 unspecified atom stereocenters. The van der Waals surface area contributed by atoms with Crippen molar-refractivity contribution in [3.63, 3.8) is 0 Å². The van der Waals surface area contributed by atoms with Gasteiger partial charge < -0.3 is 11.1 Å². The highest BCUT2D eigenvalue weighted by molar-refractivity contribution is 7.92. The van der Waals surface area contributed by atoms with Crippen LogP contribution < -0.4 is 11.1 Å². The highest BCUT2D eigenvalue weighted by Gasteiger charge is 2.30. The first-order valence-corrected chi connectivity index (χ1v) is 9.77. The number of anilines is 2. The summed E-state index contributed by atoms with van der Waals surface area (Å²) in [6.45, 7) is 5.58. The fourth-order valence-electron chi connectivity index (χ4n) is 1.57. The second-order valence-electron chi connectivity index (χ2n) is 5.41. The van der Waals surface area contributed by atoms with Gasteiger partial charge in [-0.1, -0.05) is 0 Å². The van der Waals surface area contributed by atoms with Crippen LogP contribution in [0.1, 0.15) is 18.9 Å². The van der Waals surface area contributed by atoms with E-state index in [1.165, 1.54) is 29.1 Å². The topological polar surface area (TPSA) is 98.0 Å². The van der Waals surface area contributed by atoms with E-state index < -0.39 is 14.6 Å². The number of nitrogens with one attached hydrogen (secondary N) is 1. The van der Waals surface area contributed by atoms with Gasteiger partial charge >= 0.3 is 0 Å². The number of rotatable bonds is 5. The summed E-state index contributed by atoms with van der Waals surface area (Å²) in [4.78, 5) is 4.41. The smallest absolute Gasteiger partial charge is 0.154 e. The standard InChI is InChI=1S/C12H18N4O2S3/c1-7-15-8(5-19-7)9-10(13)16-20-11(9)14-6-12(2,3)21(4,17)18/h5,14H,6H2,1-4H3,(H2,13,16). The van der Waals surface area contributed by atoms with Crippen LogP contribution in [0, 0.1) is 6.92 Å². The molecule has 0 atom stereocenters. The molecule has 21 heavy (non-hydrogen) atoms. The molecule has 0 amide bonds. The van der Waals surface area contributed by atoms with Crippen LogP contribution >= 0.6 is 22.9 Å². The molecular weight excluding hydrogens is 328 g/mol. The summed E-state index contributed by atoms with van der Waals surface area (Å²) in [5.41, 5.74) is 7.42. The van der Waals surface area contributed by atoms with Crippen LogP contribution in [0.5, 0.6) is 0 Å². The number of aromatic nitrogens is 2. The Morgan fingerprint density at radius 1 is 1.43 bits per heavy atom. The lowest BCUT2D eigenvalue weighted by atomic mass is 10.2. The number of aryl methyl sites for hydroxylation is 1. The van der Waals surface area contributed by atoms with E-state index in [9.17, 15) is 8.42 Å². The second kappa shape index (κ2) is 5.54. The van der Waals surface area contributed by atoms with Crippen molar-refractivity contribution in [2.24, 2.45) is 0 Å². The molecule has 9 heteroatoms. The van der Waals surface area contributed by atoms with Crippen molar-refractivity contribution in [3.8, 4) is 11.3 Å². The van der Waals surface area contributed by atoms with Crippen LogP contribution in [0.4, 0.5) is 10.8 Å². The molecule has 0 bridgehead atoms. The SMILES string of the molecule is Cc1nc(-c2c(N)nsc2NCC(C)(C)S(C)(=O)=O)cs1. The monoisotopic (exact) mass is 346 g/mol. The second-order valence-corrected chi connectivity index (χ2v) is 9.89. The fourth-order valence-corrected chi connectivity index (χ4v) is 3.23. The maximum atomic E-state index is 11.8. The molecule has 6 nitrogen and oxygen atoms in total. The number of nitrogens with two attached hydrogens (primary N) is 1. The molecule has 0 fully saturated rings. The first-order valence-electron chi connectivity index (χ1n) is 6.23. The molecule has 2 aromatic heterocycles. The van der Waals surface area contributed by atoms with E-state index >= 15 is 0 Å². The van der Waals surface area contributed by atoms with E-state index in [0.29, 0.717) is 5.82 Å². The molecule has 0 saturated heterocycles. The Morgan fingerprint density at radius 3 is 2.62 bits per heavy atom. The van der Waals surface area contributed by atoms with Crippen LogP contribution in [0.2, 0.25) is 0 Å². The average molecular weight is 347 g/mol. The lowest BCUT2D eigenvalue weighted by Crippen LogP contribution is -2.38. The van der Waals surface area contributed by atoms with Crippen molar-refractivity contribution >= 4 is 43.5 Å². The van der Waals surface area contributed by atoms with Crippen molar-refractivity contribution in [1.29, 1.82) is 0 Å². The normalized spacial score (nSPS) is 12.6. The maximum Gasteiger partial charge on any atom is 0.154 e. The molecule has 2 heterocycles. The summed E-state index contributed by atoms with van der Waals surface area (Å²) in [7, 11) is -3.16. The van der Waals surface area contributed by atoms with Gasteiger partial charge in [0.1, 0.15) is 10.8 Å². The predicted molar refractivity (Wildman–Crippen MR) is 89.8 cm³/mol. The van der Waals surface area contributed by atoms with Crippen LogP contribution in [0.25, 0.3) is 11.3 Å². The third-order valence-electron chi connectivity index (χ3n) is 3.27. The zero-order chi connectivity index (χ0) is 15.8. The molecule has 116 valence electrons. The number of nitrogen functional groups attached to an aromatic ring is 1. The van der Waals surface area contributed by atoms with Gasteiger partial charge in [0.15, 0.2) is 9.84 Å². The zero-order valence-corrected chi connectivity index (χ0v) is 14.7. The van der Waals surface area contributed by atoms with Gasteiger partial charge in [0.25, 0.3) is 0 Å². The lowest BCUT2D eigenvalue weighted by Gasteiger charge is -2.23. The predicted octanol–water partition coefficient (Wildman–Crippen LogP) is 2.39. The van der Waals surface area contributed by atoms with Crippen LogP contribution in [-0.4, -0.2) is 35.3 Å². The molecule has 2 rings (SSSR count). The van der Waals surface area contributed by atoms with Gasteiger partial charge in [-0.05, 0) is 32.3 Å². The van der Waals surface area contributed by atoms with Gasteiger partial charge in [0, 0.05) is 18.2 Å². The van der Waals surface area contributed by atoms with Gasteiger partial charge in [0.2, 0.25) is 0 Å². The third-order valence-corrected chi connectivity index (χ3v) is 7.02. The minimum absolute atomic E-state index is 0.281. The fraction of sp³-hybridized carbons (Fsp3) is 0.500. The van der Waals surface area contributed by atoms with E-state index in [4.69, 9.17) is 5.73 Å². The van der Waals surface area contributed by atoms with E-state index in [-0.39, 0.29) is 6.54 Å². The van der Waals surface area contributed by atoms with Crippen LogP contribution in [0.15, 0.2) is 5.38 Å². The molecule has 0 aliphatic heterocycles. The summed E-state index contributed by atoms with van der Waals surface area (Å²) in [6, 6.07) is 0. The quantitative estimate of drug-likeness (QED) is 0.862. The van der Waals surface area contributed by atoms with E-state index in [2.05, 4.69) is 14.7 Å². The minimum atomic E-state index is -3.16. The van der Waals surface area contributed by atoms with Crippen molar-refractivity contribution in [2.45, 2.75) is 25.5 Å². The summed E-state index contributed by atoms with van der Waals surface area (Å²) in [5, 5.41) is 6.76. The third kappa shape index (κ3) is 3.35. The van der Waals surface area contributed by atoms with E-state index in [1.54, 1.807) is 13.8 Å². The Kier molecular flexibility index (Phi) is 4.27. The zero-order valence-electron chi connectivity index (χ0n) is 12.3. The van der Waals surface area contributed by atoms with Crippen molar-refractivity contribution in [3.05, 3.63) is 10.4 Å². The summed E-state index contributed by atoms with van der Waals surface area (Å²) < 4.78 is 26.8. The Balaban J connectivity index is 2.27. The molecule has 0 spiro atoms. The summed E-state index contributed by atoms with van der Waals surface area (Å²) >= 11 is 2.75. The van der Waals surface area contributed by atoms with Crippen molar-refractivity contribution in [2.75, 3.05) is 23.9 Å². The van der Waals surface area contributed by atoms with Crippen LogP contribution in [-0.2, 0) is 9.84 Å². The van der Waals surface area contributed by atoms with Gasteiger partial charge in [-0.3, -0.25) is 0 Å². The molecule has 0 aromatic carbocycles. The Bertz CT molecular complexity index is 746. The average Bonchev–Trinajstić information content (AvgIpc) is 2.91. The lowest BCUT2D eigenvalue weighted by molar-refractivity contribution is 0.560. The van der Waals surface area contributed by atoms with Crippen LogP contribution in [0.3, 0.4) is 0 Å². The first kappa shape index (κ1) is 16.2. The number of thiazole rings is 1. The number of hydrogen-bond acceptors (Lipinski definition) is 8. The summed E-state index contributed by atoms with van der Waals surface area (Å²) in [5.74, 6) is 0.407. The van der Waals surface area contributed by atoms with Gasteiger partial charge in [-0.2, -0.15) is 4.37 Å². The van der Waals surface area contributed by atoms with Gasteiger partial charge in [-0.15, -0.1) is 11.3 Å². The van der Waals surface area contributed by atoms with E-state index in [1.807, 2.05) is 12.3 Å². The first-order chi connectivity index (χ1) is 9.62. The molecule has 2 aromatic rings. The molecule has 0 aliphatic rings. The molecule has 0 radical (unpaired) electrons. The molecule has 0 saturated carbocycles. The molecular formula is C12H18N4O2S3. The highest BCUT2D eigenvalue weighted by atomic mass is 32.2. The van der Waals surface area contributed by atoms with Crippen molar-refractivity contribution < 1.29 is 8.42 Å². The number of sulfone groups is 1. The minimum Gasteiger partial charge on any atom is -0.382 e. The van der Waals surface area contributed by atoms with Gasteiger partial charge in [0.05, 0.1) is 21.0 Å². The summed E-state index contributed by atoms with van der Waals surface area (Å²) in [6.07, 6.45) is 1.24. The largest absolute Gasteiger partial charge is 0.382 e. The highest BCUT2D eigenvalue weighted by Crippen LogP contribution is 2.37. The Hall–Kier alpha value is -1.19. The number of hydrogen-bond donors (Lipinski definition) is 2. The van der Waals surface area contributed by atoms with Crippen molar-refractivity contribution in [1.82, 2.24) is 9.36 Å². The van der Waals surface area contributed by atoms with E-state index in [0.717, 1.165) is 21.3 Å². The number of nitrogens with zero attached hydrogens (tertiary/aromatic N) is 2. The molecule has 3 N–H and O–H groups in total. The maximum absolute atomic E-state index is 11.8. The Labute approximate surface area is 132 Å².